The molecule has 1 unspecified atom stereocenters. The number of aliphatic hydroxyl groups is 1. The number of amides is 1. The average molecular weight is 320 g/mol. The second-order valence-electron chi connectivity index (χ2n) is 7.69. The van der Waals surface area contributed by atoms with Gasteiger partial charge < -0.3 is 20.5 Å². The van der Waals surface area contributed by atoms with E-state index in [1.807, 2.05) is 0 Å². The molecule has 1 aliphatic heterocycles. The number of alkyl halides is 2. The number of hydrogen-bond donors (Lipinski definition) is 2. The van der Waals surface area contributed by atoms with Gasteiger partial charge in [0, 0.05) is 25.9 Å². The van der Waals surface area contributed by atoms with Gasteiger partial charge in [-0.1, -0.05) is 0 Å². The van der Waals surface area contributed by atoms with Crippen LogP contribution in [0.5, 0.6) is 0 Å². The van der Waals surface area contributed by atoms with E-state index >= 15 is 0 Å². The standard InChI is InChI=1S/C15H26F2N2O3/c1-12(2,3)22-11(20)19-8-6-14(21,7-9-19)13(18)4-5-15(16,17)10-13/h21H,4-10,18H2,1-3H3. The second kappa shape index (κ2) is 5.30. The van der Waals surface area contributed by atoms with Crippen LogP contribution in [0.3, 0.4) is 0 Å². The lowest BCUT2D eigenvalue weighted by atomic mass is 9.73. The molecule has 2 aliphatic rings. The molecule has 0 radical (unpaired) electrons. The van der Waals surface area contributed by atoms with Crippen LogP contribution in [-0.2, 0) is 4.74 Å². The topological polar surface area (TPSA) is 75.8 Å². The first kappa shape index (κ1) is 17.4. The summed E-state index contributed by atoms with van der Waals surface area (Å²) < 4.78 is 32.2. The summed E-state index contributed by atoms with van der Waals surface area (Å²) in [6.07, 6.45) is -0.747. The zero-order valence-electron chi connectivity index (χ0n) is 13.5. The minimum absolute atomic E-state index is 0.100. The molecule has 22 heavy (non-hydrogen) atoms. The molecule has 1 aliphatic carbocycles. The van der Waals surface area contributed by atoms with Crippen molar-refractivity contribution in [3.8, 4) is 0 Å². The molecule has 128 valence electrons. The SMILES string of the molecule is CC(C)(C)OC(=O)N1CCC(O)(C2(N)CCC(F)(F)C2)CC1. The maximum absolute atomic E-state index is 13.5. The van der Waals surface area contributed by atoms with Crippen LogP contribution in [-0.4, -0.2) is 51.9 Å². The number of carbonyl (C=O) groups is 1. The Morgan fingerprint density at radius 1 is 1.18 bits per heavy atom. The Balaban J connectivity index is 1.98. The Kier molecular flexibility index (Phi) is 4.19. The van der Waals surface area contributed by atoms with E-state index in [0.29, 0.717) is 0 Å². The monoisotopic (exact) mass is 320 g/mol. The summed E-state index contributed by atoms with van der Waals surface area (Å²) in [5, 5.41) is 10.8. The number of carbonyl (C=O) groups excluding carboxylic acids is 1. The lowest BCUT2D eigenvalue weighted by Gasteiger charge is -2.47. The summed E-state index contributed by atoms with van der Waals surface area (Å²) in [4.78, 5) is 13.5. The van der Waals surface area contributed by atoms with Crippen molar-refractivity contribution >= 4 is 6.09 Å². The molecule has 1 amide bonds. The van der Waals surface area contributed by atoms with Crippen LogP contribution in [0.1, 0.15) is 52.9 Å². The van der Waals surface area contributed by atoms with Gasteiger partial charge in [-0.2, -0.15) is 0 Å². The normalized spacial score (nSPS) is 31.1. The van der Waals surface area contributed by atoms with Gasteiger partial charge >= 0.3 is 6.09 Å². The molecule has 2 fully saturated rings. The van der Waals surface area contributed by atoms with Crippen molar-refractivity contribution < 1.29 is 23.4 Å². The molecular formula is C15H26F2N2O3. The number of piperidine rings is 1. The number of nitrogens with zero attached hydrogens (tertiary/aromatic N) is 1. The van der Waals surface area contributed by atoms with Gasteiger partial charge in [-0.25, -0.2) is 13.6 Å². The lowest BCUT2D eigenvalue weighted by Crippen LogP contribution is -2.64. The highest BCUT2D eigenvalue weighted by atomic mass is 19.3. The Bertz CT molecular complexity index is 443. The van der Waals surface area contributed by atoms with Crippen LogP contribution in [0, 0.1) is 0 Å². The first-order valence-electron chi connectivity index (χ1n) is 7.73. The molecule has 0 aromatic heterocycles. The molecule has 5 nitrogen and oxygen atoms in total. The summed E-state index contributed by atoms with van der Waals surface area (Å²) in [7, 11) is 0. The number of hydrogen-bond acceptors (Lipinski definition) is 4. The summed E-state index contributed by atoms with van der Waals surface area (Å²) >= 11 is 0. The minimum atomic E-state index is -2.81. The summed E-state index contributed by atoms with van der Waals surface area (Å²) in [6.45, 7) is 5.86. The number of rotatable bonds is 1. The fourth-order valence-electron chi connectivity index (χ4n) is 3.33. The molecule has 7 heteroatoms. The predicted molar refractivity (Wildman–Crippen MR) is 77.7 cm³/mol. The second-order valence-corrected chi connectivity index (χ2v) is 7.69. The van der Waals surface area contributed by atoms with Crippen molar-refractivity contribution in [3.63, 3.8) is 0 Å². The highest BCUT2D eigenvalue weighted by Gasteiger charge is 2.58. The number of likely N-dealkylation sites (tertiary alicyclic amines) is 1. The largest absolute Gasteiger partial charge is 0.444 e. The Morgan fingerprint density at radius 2 is 1.73 bits per heavy atom. The van der Waals surface area contributed by atoms with Crippen LogP contribution in [0.15, 0.2) is 0 Å². The zero-order valence-corrected chi connectivity index (χ0v) is 13.5. The third kappa shape index (κ3) is 3.51. The van der Waals surface area contributed by atoms with E-state index in [1.165, 1.54) is 4.90 Å². The van der Waals surface area contributed by atoms with Crippen molar-refractivity contribution in [2.24, 2.45) is 5.73 Å². The van der Waals surface area contributed by atoms with Crippen molar-refractivity contribution in [1.82, 2.24) is 4.90 Å². The molecule has 0 aromatic carbocycles. The summed E-state index contributed by atoms with van der Waals surface area (Å²) in [5.41, 5.74) is 2.88. The van der Waals surface area contributed by atoms with E-state index in [-0.39, 0.29) is 38.8 Å². The first-order chi connectivity index (χ1) is 9.86. The molecule has 1 heterocycles. The van der Waals surface area contributed by atoms with Gasteiger partial charge in [0.05, 0.1) is 11.1 Å². The van der Waals surface area contributed by atoms with Gasteiger partial charge in [0.2, 0.25) is 5.92 Å². The zero-order chi connectivity index (χ0) is 16.8. The minimum Gasteiger partial charge on any atom is -0.444 e. The van der Waals surface area contributed by atoms with E-state index in [1.54, 1.807) is 20.8 Å². The molecule has 0 aromatic rings. The molecule has 3 N–H and O–H groups in total. The summed E-state index contributed by atoms with van der Waals surface area (Å²) in [5.74, 6) is -2.81. The average Bonchev–Trinajstić information content (AvgIpc) is 2.64. The van der Waals surface area contributed by atoms with Crippen molar-refractivity contribution in [1.29, 1.82) is 0 Å². The maximum atomic E-state index is 13.5. The molecular weight excluding hydrogens is 294 g/mol. The Morgan fingerprint density at radius 3 is 2.14 bits per heavy atom. The third-order valence-electron chi connectivity index (χ3n) is 4.68. The molecule has 0 spiro atoms. The van der Waals surface area contributed by atoms with Gasteiger partial charge in [-0.15, -0.1) is 0 Å². The van der Waals surface area contributed by atoms with Gasteiger partial charge in [0.15, 0.2) is 0 Å². The fraction of sp³-hybridized carbons (Fsp3) is 0.933. The van der Waals surface area contributed by atoms with Crippen molar-refractivity contribution in [2.75, 3.05) is 13.1 Å². The highest BCUT2D eigenvalue weighted by Crippen LogP contribution is 2.48. The predicted octanol–water partition coefficient (Wildman–Crippen LogP) is 2.27. The van der Waals surface area contributed by atoms with E-state index in [2.05, 4.69) is 0 Å². The third-order valence-corrected chi connectivity index (χ3v) is 4.68. The van der Waals surface area contributed by atoms with Crippen LogP contribution >= 0.6 is 0 Å². The quantitative estimate of drug-likeness (QED) is 0.777. The van der Waals surface area contributed by atoms with Crippen molar-refractivity contribution in [2.45, 2.75) is 75.5 Å². The summed E-state index contributed by atoms with van der Waals surface area (Å²) in [6, 6.07) is 0. The van der Waals surface area contributed by atoms with E-state index in [4.69, 9.17) is 10.5 Å². The van der Waals surface area contributed by atoms with Crippen LogP contribution < -0.4 is 5.73 Å². The van der Waals surface area contributed by atoms with E-state index < -0.39 is 35.2 Å². The highest BCUT2D eigenvalue weighted by molar-refractivity contribution is 5.68. The van der Waals surface area contributed by atoms with Crippen LogP contribution in [0.25, 0.3) is 0 Å². The first-order valence-corrected chi connectivity index (χ1v) is 7.73. The van der Waals surface area contributed by atoms with Crippen LogP contribution in [0.4, 0.5) is 13.6 Å². The number of ether oxygens (including phenoxy) is 1. The van der Waals surface area contributed by atoms with E-state index in [9.17, 15) is 18.7 Å². The molecule has 2 rings (SSSR count). The molecule has 0 bridgehead atoms. The number of halogens is 2. The van der Waals surface area contributed by atoms with Gasteiger partial charge in [0.25, 0.3) is 0 Å². The fourth-order valence-corrected chi connectivity index (χ4v) is 3.33. The smallest absolute Gasteiger partial charge is 0.410 e. The van der Waals surface area contributed by atoms with Gasteiger partial charge in [0.1, 0.15) is 5.60 Å². The molecule has 1 atom stereocenters. The molecule has 1 saturated carbocycles. The van der Waals surface area contributed by atoms with E-state index in [0.717, 1.165) is 0 Å². The number of nitrogens with two attached hydrogens (primary N) is 1. The molecule has 1 saturated heterocycles. The Hall–Kier alpha value is -0.950. The maximum Gasteiger partial charge on any atom is 0.410 e. The van der Waals surface area contributed by atoms with Crippen molar-refractivity contribution in [3.05, 3.63) is 0 Å². The van der Waals surface area contributed by atoms with Gasteiger partial charge in [-0.3, -0.25) is 0 Å². The lowest BCUT2D eigenvalue weighted by molar-refractivity contribution is -0.0923. The van der Waals surface area contributed by atoms with Crippen LogP contribution in [0.2, 0.25) is 0 Å². The Labute approximate surface area is 129 Å². The van der Waals surface area contributed by atoms with Gasteiger partial charge in [-0.05, 0) is 40.0 Å².